The highest BCUT2D eigenvalue weighted by atomic mass is 35.5. The first-order chi connectivity index (χ1) is 9.79. The summed E-state index contributed by atoms with van der Waals surface area (Å²) in [5.41, 5.74) is 0.733. The maximum absolute atomic E-state index is 12.0. The van der Waals surface area contributed by atoms with E-state index in [1.54, 1.807) is 24.3 Å². The summed E-state index contributed by atoms with van der Waals surface area (Å²) in [5.74, 6) is -1.26. The molecule has 0 spiro atoms. The molecule has 0 aliphatic carbocycles. The Labute approximate surface area is 130 Å². The first-order valence-electron chi connectivity index (χ1n) is 5.76. The van der Waals surface area contributed by atoms with E-state index < -0.39 is 22.0 Å². The van der Waals surface area contributed by atoms with Crippen molar-refractivity contribution >= 4 is 38.9 Å². The fourth-order valence-electron chi connectivity index (χ4n) is 1.45. The van der Waals surface area contributed by atoms with Gasteiger partial charge in [0, 0.05) is 16.0 Å². The molecule has 0 radical (unpaired) electrons. The van der Waals surface area contributed by atoms with E-state index in [9.17, 15) is 13.2 Å². The molecule has 1 heterocycles. The van der Waals surface area contributed by atoms with Crippen molar-refractivity contribution in [2.24, 2.45) is 0 Å². The number of hydrogen-bond donors (Lipinski definition) is 2. The Morgan fingerprint density at radius 1 is 1.38 bits per heavy atom. The largest absolute Gasteiger partial charge is 0.480 e. The zero-order chi connectivity index (χ0) is 15.6. The number of thiazole rings is 1. The first-order valence-corrected chi connectivity index (χ1v) is 8.50. The number of carboxylic acids is 1. The average Bonchev–Trinajstić information content (AvgIpc) is 2.89. The number of nitrogens with one attached hydrogen (secondary N) is 1. The van der Waals surface area contributed by atoms with E-state index in [1.807, 2.05) is 4.72 Å². The van der Waals surface area contributed by atoms with E-state index in [-0.39, 0.29) is 5.03 Å². The molecule has 1 aromatic carbocycles. The second kappa shape index (κ2) is 6.10. The van der Waals surface area contributed by atoms with Gasteiger partial charge in [-0.25, -0.2) is 13.4 Å². The van der Waals surface area contributed by atoms with Crippen LogP contribution in [0.15, 0.2) is 34.7 Å². The molecule has 6 nitrogen and oxygen atoms in total. The van der Waals surface area contributed by atoms with Crippen LogP contribution in [0, 0.1) is 0 Å². The number of halogens is 1. The number of carbonyl (C=O) groups is 1. The Kier molecular flexibility index (Phi) is 4.62. The Bertz CT molecular complexity index is 756. The van der Waals surface area contributed by atoms with Crippen molar-refractivity contribution in [2.75, 3.05) is 0 Å². The highest BCUT2D eigenvalue weighted by molar-refractivity contribution is 7.89. The third kappa shape index (κ3) is 3.79. The molecule has 9 heteroatoms. The number of carboxylic acid groups (broad SMARTS) is 1. The van der Waals surface area contributed by atoms with Crippen LogP contribution in [-0.4, -0.2) is 30.5 Å². The van der Waals surface area contributed by atoms with E-state index in [4.69, 9.17) is 16.7 Å². The average molecular weight is 347 g/mol. The molecule has 0 saturated heterocycles. The SMILES string of the molecule is C[C@@H](NS(=O)(=O)c1csc(-c2ccc(Cl)cc2)n1)C(=O)O. The second-order valence-corrected chi connectivity index (χ2v) is 7.13. The van der Waals surface area contributed by atoms with Crippen molar-refractivity contribution in [3.05, 3.63) is 34.7 Å². The van der Waals surface area contributed by atoms with Crippen molar-refractivity contribution < 1.29 is 18.3 Å². The molecule has 1 aromatic heterocycles. The van der Waals surface area contributed by atoms with Gasteiger partial charge in [-0.3, -0.25) is 4.79 Å². The van der Waals surface area contributed by atoms with Gasteiger partial charge in [-0.2, -0.15) is 4.72 Å². The molecule has 21 heavy (non-hydrogen) atoms. The minimum Gasteiger partial charge on any atom is -0.480 e. The Morgan fingerprint density at radius 2 is 2.00 bits per heavy atom. The predicted molar refractivity (Wildman–Crippen MR) is 80.0 cm³/mol. The zero-order valence-corrected chi connectivity index (χ0v) is 13.2. The van der Waals surface area contributed by atoms with Crippen LogP contribution in [0.3, 0.4) is 0 Å². The van der Waals surface area contributed by atoms with E-state index >= 15 is 0 Å². The van der Waals surface area contributed by atoms with Crippen molar-refractivity contribution in [3.8, 4) is 10.6 Å². The van der Waals surface area contributed by atoms with Crippen LogP contribution in [-0.2, 0) is 14.8 Å². The Hall–Kier alpha value is -1.48. The summed E-state index contributed by atoms with van der Waals surface area (Å²) in [6, 6.07) is 5.58. The topological polar surface area (TPSA) is 96.4 Å². The summed E-state index contributed by atoms with van der Waals surface area (Å²) in [7, 11) is -3.96. The van der Waals surface area contributed by atoms with Crippen molar-refractivity contribution in [3.63, 3.8) is 0 Å². The fraction of sp³-hybridized carbons (Fsp3) is 0.167. The summed E-state index contributed by atoms with van der Waals surface area (Å²) in [5, 5.41) is 11.0. The summed E-state index contributed by atoms with van der Waals surface area (Å²) >= 11 is 6.94. The lowest BCUT2D eigenvalue weighted by Gasteiger charge is -2.07. The number of aromatic nitrogens is 1. The highest BCUT2D eigenvalue weighted by Crippen LogP contribution is 2.26. The van der Waals surface area contributed by atoms with Gasteiger partial charge >= 0.3 is 5.97 Å². The normalized spacial score (nSPS) is 13.0. The van der Waals surface area contributed by atoms with E-state index in [0.29, 0.717) is 10.0 Å². The second-order valence-electron chi connectivity index (χ2n) is 4.18. The molecule has 1 atom stereocenters. The molecule has 0 amide bonds. The summed E-state index contributed by atoms with van der Waals surface area (Å²) in [4.78, 5) is 14.7. The third-order valence-electron chi connectivity index (χ3n) is 2.55. The standard InChI is InChI=1S/C12H11ClN2O4S2/c1-7(12(16)17)15-21(18,19)10-6-20-11(14-10)8-2-4-9(13)5-3-8/h2-7,15H,1H3,(H,16,17)/t7-/m1/s1. The molecule has 0 bridgehead atoms. The van der Waals surface area contributed by atoms with Crippen LogP contribution in [0.1, 0.15) is 6.92 Å². The lowest BCUT2D eigenvalue weighted by Crippen LogP contribution is -2.38. The van der Waals surface area contributed by atoms with E-state index in [2.05, 4.69) is 4.98 Å². The monoisotopic (exact) mass is 346 g/mol. The van der Waals surface area contributed by atoms with Crippen LogP contribution in [0.5, 0.6) is 0 Å². The maximum Gasteiger partial charge on any atom is 0.321 e. The molecule has 2 N–H and O–H groups in total. The predicted octanol–water partition coefficient (Wildman–Crippen LogP) is 2.21. The molecule has 112 valence electrons. The third-order valence-corrected chi connectivity index (χ3v) is 5.27. The van der Waals surface area contributed by atoms with Crippen molar-refractivity contribution in [1.82, 2.24) is 9.71 Å². The number of hydrogen-bond acceptors (Lipinski definition) is 5. The molecule has 2 aromatic rings. The molecule has 0 aliphatic heterocycles. The molecule has 0 aliphatic rings. The van der Waals surface area contributed by atoms with Gasteiger partial charge in [-0.1, -0.05) is 23.7 Å². The number of rotatable bonds is 5. The van der Waals surface area contributed by atoms with E-state index in [0.717, 1.165) is 16.9 Å². The first kappa shape index (κ1) is 15.9. The highest BCUT2D eigenvalue weighted by Gasteiger charge is 2.24. The van der Waals surface area contributed by atoms with Gasteiger partial charge in [0.1, 0.15) is 11.0 Å². The summed E-state index contributed by atoms with van der Waals surface area (Å²) < 4.78 is 26.0. The molecule has 0 fully saturated rings. The molecule has 0 unspecified atom stereocenters. The minimum absolute atomic E-state index is 0.203. The lowest BCUT2D eigenvalue weighted by atomic mass is 10.2. The van der Waals surface area contributed by atoms with Crippen LogP contribution in [0.25, 0.3) is 10.6 Å². The molecular weight excluding hydrogens is 336 g/mol. The Morgan fingerprint density at radius 3 is 2.57 bits per heavy atom. The Balaban J connectivity index is 2.27. The van der Waals surface area contributed by atoms with E-state index in [1.165, 1.54) is 12.3 Å². The number of nitrogens with zero attached hydrogens (tertiary/aromatic N) is 1. The fourth-order valence-corrected chi connectivity index (χ4v) is 3.87. The lowest BCUT2D eigenvalue weighted by molar-refractivity contribution is -0.138. The number of aliphatic carboxylic acids is 1. The zero-order valence-electron chi connectivity index (χ0n) is 10.8. The number of sulfonamides is 1. The number of benzene rings is 1. The van der Waals surface area contributed by atoms with Gasteiger partial charge < -0.3 is 5.11 Å². The quantitative estimate of drug-likeness (QED) is 0.865. The molecular formula is C12H11ClN2O4S2. The van der Waals surface area contributed by atoms with Gasteiger partial charge in [0.2, 0.25) is 0 Å². The van der Waals surface area contributed by atoms with Crippen LogP contribution >= 0.6 is 22.9 Å². The van der Waals surface area contributed by atoms with Crippen LogP contribution < -0.4 is 4.72 Å². The van der Waals surface area contributed by atoms with Crippen LogP contribution in [0.4, 0.5) is 0 Å². The van der Waals surface area contributed by atoms with Crippen molar-refractivity contribution in [1.29, 1.82) is 0 Å². The van der Waals surface area contributed by atoms with Crippen molar-refractivity contribution in [2.45, 2.75) is 18.0 Å². The summed E-state index contributed by atoms with van der Waals surface area (Å²) in [6.07, 6.45) is 0. The molecule has 2 rings (SSSR count). The van der Waals surface area contributed by atoms with Gasteiger partial charge in [-0.05, 0) is 19.1 Å². The van der Waals surface area contributed by atoms with Gasteiger partial charge in [0.05, 0.1) is 0 Å². The van der Waals surface area contributed by atoms with Gasteiger partial charge in [0.15, 0.2) is 5.03 Å². The smallest absolute Gasteiger partial charge is 0.321 e. The van der Waals surface area contributed by atoms with Gasteiger partial charge in [-0.15, -0.1) is 11.3 Å². The summed E-state index contributed by atoms with van der Waals surface area (Å²) in [6.45, 7) is 1.24. The minimum atomic E-state index is -3.96. The van der Waals surface area contributed by atoms with Crippen LogP contribution in [0.2, 0.25) is 5.02 Å². The van der Waals surface area contributed by atoms with Gasteiger partial charge in [0.25, 0.3) is 10.0 Å². The molecule has 0 saturated carbocycles. The maximum atomic E-state index is 12.0.